The Bertz CT molecular complexity index is 1430. The van der Waals surface area contributed by atoms with Crippen LogP contribution in [0, 0.1) is 6.57 Å². The monoisotopic (exact) mass is 571 g/mol. The third kappa shape index (κ3) is 7.16. The number of anilines is 2. The van der Waals surface area contributed by atoms with Gasteiger partial charge in [-0.2, -0.15) is 9.97 Å². The first-order valence-electron chi connectivity index (χ1n) is 14.4. The van der Waals surface area contributed by atoms with Gasteiger partial charge in [0.15, 0.2) is 0 Å². The molecule has 1 unspecified atom stereocenters. The standard InChI is InChI=1S/C23H27N5O2.C9H14N2O/c1-27-12-17(29)11-16(27)14-30-23-25-20-13-28(10-9-19(20)22(24)26-23)21-8-4-6-15-5-2-3-7-18(15)21;1-5-9(12)11(6-2)8(3)7-10-4/h2-8,16-17,29H,9-14H2,1H3,(H2,24,25,26);5,8H,1,6-7H2,2-3H3/t16-,17-;/m0./s1. The number of fused-ring (bicyclic) bond motifs is 2. The van der Waals surface area contributed by atoms with Crippen LogP contribution in [0.4, 0.5) is 11.5 Å². The highest BCUT2D eigenvalue weighted by atomic mass is 16.5. The zero-order valence-electron chi connectivity index (χ0n) is 24.7. The molecule has 1 amide bonds. The van der Waals surface area contributed by atoms with Crippen molar-refractivity contribution >= 4 is 28.2 Å². The summed E-state index contributed by atoms with van der Waals surface area (Å²) in [4.78, 5) is 29.6. The number of aromatic nitrogens is 2. The number of rotatable bonds is 8. The van der Waals surface area contributed by atoms with Crippen molar-refractivity contribution in [2.45, 2.75) is 51.4 Å². The molecule has 0 aliphatic carbocycles. The Labute approximate surface area is 248 Å². The van der Waals surface area contributed by atoms with Crippen LogP contribution >= 0.6 is 0 Å². The van der Waals surface area contributed by atoms with Crippen molar-refractivity contribution in [2.75, 3.05) is 50.5 Å². The fourth-order valence-corrected chi connectivity index (χ4v) is 5.64. The molecule has 222 valence electrons. The van der Waals surface area contributed by atoms with E-state index in [2.05, 4.69) is 68.7 Å². The maximum Gasteiger partial charge on any atom is 0.318 e. The summed E-state index contributed by atoms with van der Waals surface area (Å²) in [6.45, 7) is 17.5. The highest BCUT2D eigenvalue weighted by Crippen LogP contribution is 2.32. The first kappa shape index (κ1) is 30.8. The van der Waals surface area contributed by atoms with Gasteiger partial charge in [-0.05, 0) is 51.3 Å². The largest absolute Gasteiger partial charge is 0.462 e. The van der Waals surface area contributed by atoms with Gasteiger partial charge >= 0.3 is 6.01 Å². The number of amides is 1. The van der Waals surface area contributed by atoms with Gasteiger partial charge in [0.25, 0.3) is 0 Å². The molecule has 1 fully saturated rings. The first-order valence-corrected chi connectivity index (χ1v) is 14.4. The van der Waals surface area contributed by atoms with Crippen molar-refractivity contribution in [3.63, 3.8) is 0 Å². The summed E-state index contributed by atoms with van der Waals surface area (Å²) in [5.74, 6) is 0.404. The molecular formula is C32H41N7O3. The molecule has 1 saturated heterocycles. The zero-order chi connectivity index (χ0) is 30.2. The number of aliphatic hydroxyl groups excluding tert-OH is 1. The quantitative estimate of drug-likeness (QED) is 0.312. The minimum absolute atomic E-state index is 0.0157. The summed E-state index contributed by atoms with van der Waals surface area (Å²) in [5.41, 5.74) is 9.41. The van der Waals surface area contributed by atoms with Crippen LogP contribution in [0.25, 0.3) is 15.6 Å². The summed E-state index contributed by atoms with van der Waals surface area (Å²) in [7, 11) is 1.99. The first-order chi connectivity index (χ1) is 20.2. The number of carbonyl (C=O) groups excluding carboxylic acids is 1. The summed E-state index contributed by atoms with van der Waals surface area (Å²) < 4.78 is 5.89. The van der Waals surface area contributed by atoms with Crippen LogP contribution in [-0.2, 0) is 17.8 Å². The molecule has 10 heteroatoms. The molecule has 5 rings (SSSR count). The van der Waals surface area contributed by atoms with Gasteiger partial charge in [0.05, 0.1) is 18.3 Å². The third-order valence-corrected chi connectivity index (χ3v) is 7.94. The SMILES string of the molecule is CN1C[C@@H](O)C[C@H]1COc1nc(N)c2c(n1)CN(c1cccc3ccccc13)CC2.[C-]#[N+]CC(C)N(CC)C(=O)C=C. The highest BCUT2D eigenvalue weighted by Gasteiger charge is 2.29. The minimum atomic E-state index is -0.299. The molecule has 3 N–H and O–H groups in total. The molecule has 3 heterocycles. The van der Waals surface area contributed by atoms with E-state index < -0.39 is 0 Å². The van der Waals surface area contributed by atoms with E-state index in [0.29, 0.717) is 51.0 Å². The number of likely N-dealkylation sites (N-methyl/N-ethyl adjacent to an activating group) is 2. The summed E-state index contributed by atoms with van der Waals surface area (Å²) >= 11 is 0. The number of nitrogens with zero attached hydrogens (tertiary/aromatic N) is 6. The molecule has 0 spiro atoms. The second-order valence-electron chi connectivity index (χ2n) is 10.8. The number of β-amino-alcohol motifs (C(OH)–C–C–N with tert-alkyl or cyclic N) is 1. The molecule has 0 saturated carbocycles. The average Bonchev–Trinajstić information content (AvgIpc) is 3.32. The zero-order valence-corrected chi connectivity index (χ0v) is 24.7. The van der Waals surface area contributed by atoms with E-state index in [0.717, 1.165) is 24.2 Å². The van der Waals surface area contributed by atoms with Crippen LogP contribution < -0.4 is 15.4 Å². The van der Waals surface area contributed by atoms with Crippen LogP contribution in [0.3, 0.4) is 0 Å². The fourth-order valence-electron chi connectivity index (χ4n) is 5.64. The van der Waals surface area contributed by atoms with Crippen molar-refractivity contribution in [1.82, 2.24) is 19.8 Å². The molecule has 0 bridgehead atoms. The maximum atomic E-state index is 11.2. The van der Waals surface area contributed by atoms with Crippen LogP contribution in [0.1, 0.15) is 31.5 Å². The molecule has 3 atom stereocenters. The number of ether oxygens (including phenoxy) is 1. The van der Waals surface area contributed by atoms with Crippen molar-refractivity contribution < 1.29 is 14.6 Å². The van der Waals surface area contributed by atoms with Crippen molar-refractivity contribution in [2.24, 2.45) is 0 Å². The van der Waals surface area contributed by atoms with Crippen LogP contribution in [0.15, 0.2) is 55.1 Å². The molecule has 2 aliphatic heterocycles. The second-order valence-corrected chi connectivity index (χ2v) is 10.8. The van der Waals surface area contributed by atoms with Crippen molar-refractivity contribution in [1.29, 1.82) is 0 Å². The summed E-state index contributed by atoms with van der Waals surface area (Å²) in [6, 6.07) is 15.3. The van der Waals surface area contributed by atoms with Gasteiger partial charge in [-0.1, -0.05) is 43.0 Å². The average molecular weight is 572 g/mol. The third-order valence-electron chi connectivity index (χ3n) is 7.94. The van der Waals surface area contributed by atoms with Crippen LogP contribution in [-0.4, -0.2) is 88.8 Å². The number of nitrogen functional groups attached to an aromatic ring is 1. The molecule has 2 aliphatic rings. The Balaban J connectivity index is 0.000000288. The molecule has 10 nitrogen and oxygen atoms in total. The number of nitrogens with two attached hydrogens (primary N) is 1. The van der Waals surface area contributed by atoms with Crippen molar-refractivity contribution in [3.05, 3.63) is 77.8 Å². The van der Waals surface area contributed by atoms with Gasteiger partial charge in [-0.15, -0.1) is 0 Å². The normalized spacial score (nSPS) is 18.8. The summed E-state index contributed by atoms with van der Waals surface area (Å²) in [6.07, 6.45) is 2.49. The van der Waals surface area contributed by atoms with E-state index in [1.807, 2.05) is 20.9 Å². The van der Waals surface area contributed by atoms with Gasteiger partial charge in [-0.3, -0.25) is 9.69 Å². The number of aliphatic hydroxyl groups is 1. The molecule has 1 aromatic heterocycles. The number of benzene rings is 2. The number of carbonyl (C=O) groups is 1. The lowest BCUT2D eigenvalue weighted by molar-refractivity contribution is -0.127. The Kier molecular flexibility index (Phi) is 10.3. The number of likely N-dealkylation sites (tertiary alicyclic amines) is 1. The Morgan fingerprint density at radius 2 is 2.07 bits per heavy atom. The predicted octanol–water partition coefficient (Wildman–Crippen LogP) is 3.55. The highest BCUT2D eigenvalue weighted by molar-refractivity contribution is 5.94. The van der Waals surface area contributed by atoms with E-state index >= 15 is 0 Å². The lowest BCUT2D eigenvalue weighted by atomic mass is 10.0. The Morgan fingerprint density at radius 1 is 1.31 bits per heavy atom. The van der Waals surface area contributed by atoms with Crippen LogP contribution in [0.5, 0.6) is 6.01 Å². The van der Waals surface area contributed by atoms with Gasteiger partial charge in [-0.25, -0.2) is 6.57 Å². The van der Waals surface area contributed by atoms with E-state index in [-0.39, 0.29) is 24.1 Å². The lowest BCUT2D eigenvalue weighted by Gasteiger charge is -2.31. The second kappa shape index (κ2) is 14.1. The van der Waals surface area contributed by atoms with Gasteiger partial charge in [0.2, 0.25) is 12.5 Å². The Morgan fingerprint density at radius 3 is 2.76 bits per heavy atom. The molecular weight excluding hydrogens is 530 g/mol. The van der Waals surface area contributed by atoms with E-state index in [9.17, 15) is 9.90 Å². The van der Waals surface area contributed by atoms with Crippen LogP contribution in [0.2, 0.25) is 0 Å². The van der Waals surface area contributed by atoms with E-state index in [1.165, 1.54) is 22.5 Å². The van der Waals surface area contributed by atoms with Crippen molar-refractivity contribution in [3.8, 4) is 6.01 Å². The van der Waals surface area contributed by atoms with Gasteiger partial charge in [0, 0.05) is 42.3 Å². The lowest BCUT2D eigenvalue weighted by Crippen LogP contribution is -2.38. The fraction of sp³-hybridized carbons (Fsp3) is 0.438. The van der Waals surface area contributed by atoms with E-state index in [1.54, 1.807) is 4.90 Å². The minimum Gasteiger partial charge on any atom is -0.462 e. The van der Waals surface area contributed by atoms with Gasteiger partial charge < -0.3 is 30.2 Å². The molecule has 3 aromatic rings. The molecule has 42 heavy (non-hydrogen) atoms. The Hall–Kier alpha value is -4.20. The predicted molar refractivity (Wildman–Crippen MR) is 166 cm³/mol. The number of hydrogen-bond donors (Lipinski definition) is 2. The summed E-state index contributed by atoms with van der Waals surface area (Å²) in [5, 5.41) is 12.3. The maximum absolute atomic E-state index is 11.2. The number of hydrogen-bond acceptors (Lipinski definition) is 8. The van der Waals surface area contributed by atoms with Gasteiger partial charge in [0.1, 0.15) is 18.5 Å². The smallest absolute Gasteiger partial charge is 0.318 e. The topological polar surface area (TPSA) is 112 Å². The molecule has 2 aromatic carbocycles. The molecule has 0 radical (unpaired) electrons. The van der Waals surface area contributed by atoms with E-state index in [4.69, 9.17) is 22.0 Å².